The van der Waals surface area contributed by atoms with Gasteiger partial charge >= 0.3 is 0 Å². The van der Waals surface area contributed by atoms with E-state index in [0.717, 1.165) is 38.4 Å². The van der Waals surface area contributed by atoms with Crippen molar-refractivity contribution >= 4 is 17.7 Å². The monoisotopic (exact) mass is 440 g/mol. The predicted octanol–water partition coefficient (Wildman–Crippen LogP) is 3.50. The summed E-state index contributed by atoms with van der Waals surface area (Å²) in [6.45, 7) is 4.58. The second-order valence-corrected chi connectivity index (χ2v) is 8.06. The highest BCUT2D eigenvalue weighted by Gasteiger charge is 2.18. The molecule has 31 heavy (non-hydrogen) atoms. The van der Waals surface area contributed by atoms with E-state index in [4.69, 9.17) is 4.74 Å². The van der Waals surface area contributed by atoms with Gasteiger partial charge in [-0.1, -0.05) is 36.0 Å². The van der Waals surface area contributed by atoms with Crippen molar-refractivity contribution in [1.29, 1.82) is 0 Å². The number of imidazole rings is 1. The number of hydrogen-bond acceptors (Lipinski definition) is 5. The lowest BCUT2D eigenvalue weighted by Crippen LogP contribution is -2.36. The normalized spacial score (nSPS) is 14.5. The molecule has 1 amide bonds. The highest BCUT2D eigenvalue weighted by molar-refractivity contribution is 7.98. The van der Waals surface area contributed by atoms with Gasteiger partial charge in [-0.15, -0.1) is 0 Å². The number of carbonyl (C=O) groups excluding carboxylic acids is 1. The van der Waals surface area contributed by atoms with Crippen LogP contribution in [0.1, 0.15) is 21.6 Å². The molecule has 6 nitrogen and oxygen atoms in total. The third-order valence-electron chi connectivity index (χ3n) is 5.28. The van der Waals surface area contributed by atoms with Crippen LogP contribution in [0.3, 0.4) is 0 Å². The molecule has 3 aromatic rings. The number of aromatic nitrogens is 2. The second-order valence-electron chi connectivity index (χ2n) is 7.28. The number of carbonyl (C=O) groups is 1. The topological polar surface area (TPSA) is 59.4 Å². The first-order valence-corrected chi connectivity index (χ1v) is 11.4. The largest absolute Gasteiger partial charge is 0.379 e. The lowest BCUT2D eigenvalue weighted by molar-refractivity contribution is 0.0340. The van der Waals surface area contributed by atoms with E-state index in [1.807, 2.05) is 24.5 Å². The predicted molar refractivity (Wildman–Crippen MR) is 119 cm³/mol. The van der Waals surface area contributed by atoms with E-state index in [2.05, 4.69) is 21.3 Å². The molecular formula is C23H25FN4O2S. The van der Waals surface area contributed by atoms with Crippen LogP contribution in [-0.4, -0.2) is 52.9 Å². The zero-order valence-corrected chi connectivity index (χ0v) is 18.2. The molecule has 0 aliphatic carbocycles. The summed E-state index contributed by atoms with van der Waals surface area (Å²) in [5, 5.41) is 3.70. The number of nitrogens with one attached hydrogen (secondary N) is 1. The van der Waals surface area contributed by atoms with E-state index in [1.165, 1.54) is 29.5 Å². The van der Waals surface area contributed by atoms with Crippen LogP contribution in [0.25, 0.3) is 5.69 Å². The zero-order chi connectivity index (χ0) is 21.6. The lowest BCUT2D eigenvalue weighted by Gasteiger charge is -2.27. The van der Waals surface area contributed by atoms with Gasteiger partial charge in [0.05, 0.1) is 19.4 Å². The molecule has 1 aromatic heterocycles. The number of ether oxygens (including phenoxy) is 1. The van der Waals surface area contributed by atoms with Gasteiger partial charge in [0, 0.05) is 31.9 Å². The molecule has 1 saturated heterocycles. The standard InChI is InChI=1S/C23H25FN4O2S/c1-31-23-26-15-21(28(23)20-8-6-19(24)7-9-20)22(29)25-14-17-4-2-3-5-18(17)16-27-10-12-30-13-11-27/h2-9,15H,10-14,16H2,1H3,(H,25,29). The first kappa shape index (κ1) is 21.5. The summed E-state index contributed by atoms with van der Waals surface area (Å²) in [5.74, 6) is -0.546. The SMILES string of the molecule is CSc1ncc(C(=O)NCc2ccccc2CN2CCOCC2)n1-c1ccc(F)cc1. The Labute approximate surface area is 185 Å². The molecule has 2 aromatic carbocycles. The van der Waals surface area contributed by atoms with Crippen molar-refractivity contribution in [2.45, 2.75) is 18.2 Å². The fourth-order valence-corrected chi connectivity index (χ4v) is 4.17. The van der Waals surface area contributed by atoms with Crippen molar-refractivity contribution < 1.29 is 13.9 Å². The summed E-state index contributed by atoms with van der Waals surface area (Å²) < 4.78 is 20.5. The van der Waals surface area contributed by atoms with Gasteiger partial charge in [0.25, 0.3) is 5.91 Å². The molecule has 1 N–H and O–H groups in total. The maximum Gasteiger partial charge on any atom is 0.270 e. The van der Waals surface area contributed by atoms with Crippen molar-refractivity contribution in [2.75, 3.05) is 32.6 Å². The minimum atomic E-state index is -0.322. The molecule has 0 atom stereocenters. The van der Waals surface area contributed by atoms with Gasteiger partial charge in [0.2, 0.25) is 0 Å². The fourth-order valence-electron chi connectivity index (χ4n) is 3.63. The van der Waals surface area contributed by atoms with E-state index >= 15 is 0 Å². The van der Waals surface area contributed by atoms with Crippen molar-refractivity contribution in [2.24, 2.45) is 0 Å². The molecule has 0 bridgehead atoms. The van der Waals surface area contributed by atoms with Crippen molar-refractivity contribution in [3.63, 3.8) is 0 Å². The average molecular weight is 441 g/mol. The van der Waals surface area contributed by atoms with Crippen molar-refractivity contribution in [3.8, 4) is 5.69 Å². The number of halogens is 1. The van der Waals surface area contributed by atoms with Gasteiger partial charge in [-0.25, -0.2) is 9.37 Å². The molecule has 1 aliphatic heterocycles. The van der Waals surface area contributed by atoms with E-state index < -0.39 is 0 Å². The summed E-state index contributed by atoms with van der Waals surface area (Å²) in [7, 11) is 0. The van der Waals surface area contributed by atoms with Crippen LogP contribution in [0.15, 0.2) is 59.9 Å². The minimum Gasteiger partial charge on any atom is -0.379 e. The molecule has 1 fully saturated rings. The van der Waals surface area contributed by atoms with Crippen LogP contribution < -0.4 is 5.32 Å². The van der Waals surface area contributed by atoms with Gasteiger partial charge in [-0.3, -0.25) is 14.3 Å². The molecule has 8 heteroatoms. The highest BCUT2D eigenvalue weighted by Crippen LogP contribution is 2.22. The summed E-state index contributed by atoms with van der Waals surface area (Å²) in [4.78, 5) is 19.7. The smallest absolute Gasteiger partial charge is 0.270 e. The van der Waals surface area contributed by atoms with E-state index in [0.29, 0.717) is 23.1 Å². The van der Waals surface area contributed by atoms with Crippen LogP contribution in [0, 0.1) is 5.82 Å². The quantitative estimate of drug-likeness (QED) is 0.570. The second kappa shape index (κ2) is 10.1. The van der Waals surface area contributed by atoms with Crippen molar-refractivity contribution in [1.82, 2.24) is 19.8 Å². The number of benzene rings is 2. The van der Waals surface area contributed by atoms with E-state index in [9.17, 15) is 9.18 Å². The Morgan fingerprint density at radius 2 is 1.84 bits per heavy atom. The molecule has 162 valence electrons. The maximum absolute atomic E-state index is 13.4. The van der Waals surface area contributed by atoms with E-state index in [1.54, 1.807) is 22.9 Å². The maximum atomic E-state index is 13.4. The highest BCUT2D eigenvalue weighted by atomic mass is 32.2. The number of nitrogens with zero attached hydrogens (tertiary/aromatic N) is 3. The van der Waals surface area contributed by atoms with Crippen LogP contribution in [0.4, 0.5) is 4.39 Å². The molecule has 1 aliphatic rings. The lowest BCUT2D eigenvalue weighted by atomic mass is 10.1. The number of hydrogen-bond donors (Lipinski definition) is 1. The van der Waals surface area contributed by atoms with E-state index in [-0.39, 0.29) is 11.7 Å². The Balaban J connectivity index is 1.50. The Kier molecular flexibility index (Phi) is 7.01. The molecular weight excluding hydrogens is 415 g/mol. The summed E-state index contributed by atoms with van der Waals surface area (Å²) >= 11 is 1.43. The zero-order valence-electron chi connectivity index (χ0n) is 17.4. The number of morpholine rings is 1. The van der Waals surface area contributed by atoms with Crippen LogP contribution in [0.5, 0.6) is 0 Å². The van der Waals surface area contributed by atoms with Crippen LogP contribution >= 0.6 is 11.8 Å². The first-order valence-electron chi connectivity index (χ1n) is 10.2. The Hall–Kier alpha value is -2.68. The van der Waals surface area contributed by atoms with Gasteiger partial charge < -0.3 is 10.1 Å². The average Bonchev–Trinajstić information content (AvgIpc) is 3.24. The molecule has 0 saturated carbocycles. The number of thioether (sulfide) groups is 1. The van der Waals surface area contributed by atoms with Gasteiger partial charge in [-0.2, -0.15) is 0 Å². The van der Waals surface area contributed by atoms with Crippen LogP contribution in [0.2, 0.25) is 0 Å². The Morgan fingerprint density at radius 3 is 2.55 bits per heavy atom. The number of rotatable bonds is 7. The third kappa shape index (κ3) is 5.15. The molecule has 0 radical (unpaired) electrons. The minimum absolute atomic E-state index is 0.224. The third-order valence-corrected chi connectivity index (χ3v) is 5.94. The van der Waals surface area contributed by atoms with Gasteiger partial charge in [0.1, 0.15) is 11.5 Å². The summed E-state index contributed by atoms with van der Waals surface area (Å²) in [6, 6.07) is 14.2. The number of amides is 1. The Morgan fingerprint density at radius 1 is 1.13 bits per heavy atom. The molecule has 0 unspecified atom stereocenters. The summed E-state index contributed by atoms with van der Waals surface area (Å²) in [5.41, 5.74) is 3.39. The summed E-state index contributed by atoms with van der Waals surface area (Å²) in [6.07, 6.45) is 3.45. The van der Waals surface area contributed by atoms with Gasteiger partial charge in [0.15, 0.2) is 5.16 Å². The fraction of sp³-hybridized carbons (Fsp3) is 0.304. The van der Waals surface area contributed by atoms with Crippen LogP contribution in [-0.2, 0) is 17.8 Å². The van der Waals surface area contributed by atoms with Crippen molar-refractivity contribution in [3.05, 3.63) is 77.4 Å². The van der Waals surface area contributed by atoms with Gasteiger partial charge in [-0.05, 0) is 41.6 Å². The first-order chi connectivity index (χ1) is 15.2. The Bertz CT molecular complexity index is 1030. The molecule has 2 heterocycles. The molecule has 0 spiro atoms. The molecule has 4 rings (SSSR count).